The first-order valence-electron chi connectivity index (χ1n) is 11.2. The van der Waals surface area contributed by atoms with Crippen LogP contribution >= 0.6 is 24.0 Å². The van der Waals surface area contributed by atoms with E-state index in [0.717, 1.165) is 22.3 Å². The molecule has 2 atom stereocenters. The average Bonchev–Trinajstić information content (AvgIpc) is 2.68. The van der Waals surface area contributed by atoms with Crippen molar-refractivity contribution in [1.29, 1.82) is 0 Å². The number of amides is 1. The molecule has 3 N–H and O–H groups in total. The smallest absolute Gasteiger partial charge is 0.308 e. The first-order valence-corrected chi connectivity index (χ1v) is 11.6. The van der Waals surface area contributed by atoms with Crippen LogP contribution in [0.3, 0.4) is 0 Å². The molecular weight excluding hydrogens is 478 g/mol. The third-order valence-corrected chi connectivity index (χ3v) is 5.72. The van der Waals surface area contributed by atoms with Crippen LogP contribution in [0.5, 0.6) is 0 Å². The Balaban J connectivity index is 0.00000578. The lowest BCUT2D eigenvalue weighted by atomic mass is 9.90. The summed E-state index contributed by atoms with van der Waals surface area (Å²) in [5.41, 5.74) is 10.3. The van der Waals surface area contributed by atoms with Gasteiger partial charge in [0.2, 0.25) is 5.91 Å². The van der Waals surface area contributed by atoms with Gasteiger partial charge in [-0.05, 0) is 92.1 Å². The molecule has 2 aromatic carbocycles. The number of carbonyl (C=O) groups is 2. The van der Waals surface area contributed by atoms with Crippen molar-refractivity contribution in [2.75, 3.05) is 6.61 Å². The Morgan fingerprint density at radius 2 is 1.68 bits per heavy atom. The van der Waals surface area contributed by atoms with Gasteiger partial charge in [0.1, 0.15) is 5.82 Å². The number of hydrogen-bond donors (Lipinski definition) is 2. The summed E-state index contributed by atoms with van der Waals surface area (Å²) in [7, 11) is 0. The Kier molecular flexibility index (Phi) is 11.5. The van der Waals surface area contributed by atoms with Crippen LogP contribution in [0.2, 0.25) is 5.02 Å². The van der Waals surface area contributed by atoms with Gasteiger partial charge in [0.15, 0.2) is 0 Å². The zero-order valence-corrected chi connectivity index (χ0v) is 22.2. The van der Waals surface area contributed by atoms with Gasteiger partial charge >= 0.3 is 5.97 Å². The molecule has 0 radical (unpaired) electrons. The molecule has 0 saturated heterocycles. The summed E-state index contributed by atoms with van der Waals surface area (Å²) in [6.07, 6.45) is 0.273. The maximum Gasteiger partial charge on any atom is 0.308 e. The average molecular weight is 513 g/mol. The third-order valence-electron chi connectivity index (χ3n) is 5.50. The fraction of sp³-hybridized carbons (Fsp3) is 0.462. The molecule has 0 unspecified atom stereocenters. The minimum absolute atomic E-state index is 0. The number of halogens is 3. The minimum atomic E-state index is -0.915. The Bertz CT molecular complexity index is 1000. The van der Waals surface area contributed by atoms with Gasteiger partial charge < -0.3 is 15.8 Å². The molecule has 0 fully saturated rings. The molecular formula is C26H35Cl2FN2O3. The molecule has 0 heterocycles. The van der Waals surface area contributed by atoms with Crippen molar-refractivity contribution in [3.63, 3.8) is 0 Å². The number of aryl methyl sites for hydroxylation is 3. The van der Waals surface area contributed by atoms with Crippen molar-refractivity contribution in [1.82, 2.24) is 5.32 Å². The van der Waals surface area contributed by atoms with E-state index in [1.807, 2.05) is 39.8 Å². The number of benzene rings is 2. The van der Waals surface area contributed by atoms with Crippen molar-refractivity contribution in [3.8, 4) is 11.1 Å². The maximum atomic E-state index is 15.4. The van der Waals surface area contributed by atoms with E-state index in [1.54, 1.807) is 26.0 Å². The minimum Gasteiger partial charge on any atom is -0.466 e. The van der Waals surface area contributed by atoms with Crippen molar-refractivity contribution in [2.45, 2.75) is 66.5 Å². The number of hydrogen-bond acceptors (Lipinski definition) is 4. The Labute approximate surface area is 213 Å². The van der Waals surface area contributed by atoms with Gasteiger partial charge in [-0.3, -0.25) is 9.59 Å². The highest BCUT2D eigenvalue weighted by atomic mass is 35.5. The molecule has 0 aliphatic heterocycles. The molecule has 5 nitrogen and oxygen atoms in total. The van der Waals surface area contributed by atoms with Crippen molar-refractivity contribution in [2.24, 2.45) is 11.7 Å². The fourth-order valence-electron chi connectivity index (χ4n) is 4.08. The molecule has 188 valence electrons. The van der Waals surface area contributed by atoms with Crippen LogP contribution in [0.15, 0.2) is 24.3 Å². The molecule has 8 heteroatoms. The van der Waals surface area contributed by atoms with E-state index in [2.05, 4.69) is 5.32 Å². The normalized spacial score (nSPS) is 12.6. The van der Waals surface area contributed by atoms with Crippen LogP contribution < -0.4 is 11.1 Å². The van der Waals surface area contributed by atoms with Crippen LogP contribution in [0.1, 0.15) is 61.9 Å². The van der Waals surface area contributed by atoms with E-state index in [1.165, 1.54) is 0 Å². The summed E-state index contributed by atoms with van der Waals surface area (Å²) in [6.45, 7) is 11.4. The highest BCUT2D eigenvalue weighted by Crippen LogP contribution is 2.34. The Morgan fingerprint density at radius 1 is 1.09 bits per heavy atom. The summed E-state index contributed by atoms with van der Waals surface area (Å²) < 4.78 is 20.4. The zero-order chi connectivity index (χ0) is 24.9. The third kappa shape index (κ3) is 7.69. The molecule has 0 aromatic heterocycles. The lowest BCUT2D eigenvalue weighted by Crippen LogP contribution is -2.43. The summed E-state index contributed by atoms with van der Waals surface area (Å²) >= 11 is 6.19. The van der Waals surface area contributed by atoms with Crippen molar-refractivity contribution >= 4 is 35.9 Å². The van der Waals surface area contributed by atoms with Gasteiger partial charge in [-0.15, -0.1) is 12.4 Å². The Hall–Kier alpha value is -2.15. The summed E-state index contributed by atoms with van der Waals surface area (Å²) in [4.78, 5) is 25.1. The second kappa shape index (κ2) is 13.1. The van der Waals surface area contributed by atoms with Gasteiger partial charge in [-0.2, -0.15) is 0 Å². The first kappa shape index (κ1) is 29.9. The molecule has 0 aliphatic carbocycles. The molecule has 2 rings (SSSR count). The number of nitrogens with two attached hydrogens (primary N) is 1. The van der Waals surface area contributed by atoms with Gasteiger partial charge in [-0.25, -0.2) is 4.39 Å². The number of nitrogens with one attached hydrogen (secondary N) is 1. The maximum absolute atomic E-state index is 15.4. The fourth-order valence-corrected chi connectivity index (χ4v) is 4.41. The summed E-state index contributed by atoms with van der Waals surface area (Å²) in [5, 5.41) is 3.41. The van der Waals surface area contributed by atoms with Gasteiger partial charge in [0, 0.05) is 10.6 Å². The second-order valence-corrected chi connectivity index (χ2v) is 9.35. The van der Waals surface area contributed by atoms with E-state index in [-0.39, 0.29) is 36.9 Å². The molecule has 2 aromatic rings. The second-order valence-electron chi connectivity index (χ2n) is 8.92. The molecule has 0 aliphatic rings. The number of esters is 1. The van der Waals surface area contributed by atoms with Gasteiger partial charge in [0.05, 0.1) is 25.1 Å². The summed E-state index contributed by atoms with van der Waals surface area (Å²) in [5.74, 6) is -1.22. The predicted molar refractivity (Wildman–Crippen MR) is 138 cm³/mol. The molecule has 0 saturated carbocycles. The van der Waals surface area contributed by atoms with E-state index in [0.29, 0.717) is 17.0 Å². The SMILES string of the molecule is CCOC(=O)C[C@H](NC(=O)[C@@H](N)CC(C)C)c1cc(-c2c(C)cc(Cl)cc2C)cc(C)c1F.Cl. The van der Waals surface area contributed by atoms with E-state index < -0.39 is 29.8 Å². The van der Waals surface area contributed by atoms with Crippen LogP contribution in [-0.2, 0) is 14.3 Å². The van der Waals surface area contributed by atoms with Crippen LogP contribution in [0, 0.1) is 32.5 Å². The van der Waals surface area contributed by atoms with Crippen LogP contribution in [0.25, 0.3) is 11.1 Å². The number of carbonyl (C=O) groups excluding carboxylic acids is 2. The predicted octanol–water partition coefficient (Wildman–Crippen LogP) is 5.98. The number of ether oxygens (including phenoxy) is 1. The number of rotatable bonds is 9. The highest BCUT2D eigenvalue weighted by Gasteiger charge is 2.27. The molecule has 1 amide bonds. The summed E-state index contributed by atoms with van der Waals surface area (Å²) in [6, 6.07) is 5.47. The van der Waals surface area contributed by atoms with E-state index >= 15 is 4.39 Å². The highest BCUT2D eigenvalue weighted by molar-refractivity contribution is 6.30. The molecule has 34 heavy (non-hydrogen) atoms. The largest absolute Gasteiger partial charge is 0.466 e. The Morgan fingerprint density at radius 3 is 2.21 bits per heavy atom. The lowest BCUT2D eigenvalue weighted by Gasteiger charge is -2.24. The standard InChI is InChI=1S/C26H34ClFN2O3.ClH/c1-7-33-23(31)13-22(30-26(32)21(29)8-14(2)3)20-12-18(9-17(6)25(20)28)24-15(4)10-19(27)11-16(24)5;/h9-12,14,21-22H,7-8,13,29H2,1-6H3,(H,30,32);1H/t21-,22-;/m0./s1. The van der Waals surface area contributed by atoms with Crippen LogP contribution in [0.4, 0.5) is 4.39 Å². The topological polar surface area (TPSA) is 81.4 Å². The van der Waals surface area contributed by atoms with E-state index in [4.69, 9.17) is 22.1 Å². The van der Waals surface area contributed by atoms with Gasteiger partial charge in [0.25, 0.3) is 0 Å². The zero-order valence-electron chi connectivity index (χ0n) is 20.6. The molecule has 0 spiro atoms. The van der Waals surface area contributed by atoms with Gasteiger partial charge in [-0.1, -0.05) is 25.4 Å². The first-order chi connectivity index (χ1) is 15.4. The lowest BCUT2D eigenvalue weighted by molar-refractivity contribution is -0.143. The molecule has 0 bridgehead atoms. The van der Waals surface area contributed by atoms with Crippen molar-refractivity contribution in [3.05, 3.63) is 57.4 Å². The monoisotopic (exact) mass is 512 g/mol. The quantitative estimate of drug-likeness (QED) is 0.405. The van der Waals surface area contributed by atoms with Crippen molar-refractivity contribution < 1.29 is 18.7 Å². The van der Waals surface area contributed by atoms with E-state index in [9.17, 15) is 9.59 Å². The van der Waals surface area contributed by atoms with Crippen LogP contribution in [-0.4, -0.2) is 24.5 Å².